The third kappa shape index (κ3) is 1.26. The summed E-state index contributed by atoms with van der Waals surface area (Å²) in [7, 11) is 0. The SMILES string of the molecule is c1ccc([C@@H]2ON[C@H]3CCC[C@H]32)cc1. The van der Waals surface area contributed by atoms with Crippen molar-refractivity contribution >= 4 is 0 Å². The predicted octanol–water partition coefficient (Wildman–Crippen LogP) is 2.43. The third-order valence-corrected chi connectivity index (χ3v) is 3.43. The summed E-state index contributed by atoms with van der Waals surface area (Å²) in [5, 5.41) is 0. The van der Waals surface area contributed by atoms with Gasteiger partial charge in [-0.15, -0.1) is 0 Å². The summed E-state index contributed by atoms with van der Waals surface area (Å²) in [6, 6.07) is 11.1. The molecule has 1 heterocycles. The van der Waals surface area contributed by atoms with Crippen LogP contribution in [0, 0.1) is 5.92 Å². The highest BCUT2D eigenvalue weighted by Crippen LogP contribution is 2.42. The van der Waals surface area contributed by atoms with Crippen LogP contribution in [0.2, 0.25) is 0 Å². The van der Waals surface area contributed by atoms with Crippen LogP contribution in [0.3, 0.4) is 0 Å². The van der Waals surface area contributed by atoms with E-state index in [0.717, 1.165) is 0 Å². The van der Waals surface area contributed by atoms with Crippen molar-refractivity contribution in [2.24, 2.45) is 5.92 Å². The van der Waals surface area contributed by atoms with Gasteiger partial charge in [0, 0.05) is 12.0 Å². The van der Waals surface area contributed by atoms with Gasteiger partial charge in [-0.1, -0.05) is 36.8 Å². The molecule has 1 aliphatic heterocycles. The average molecular weight is 189 g/mol. The van der Waals surface area contributed by atoms with Gasteiger partial charge in [0.25, 0.3) is 0 Å². The van der Waals surface area contributed by atoms with E-state index in [0.29, 0.717) is 12.0 Å². The second-order valence-electron chi connectivity index (χ2n) is 4.27. The second kappa shape index (κ2) is 3.37. The molecule has 0 spiro atoms. The fraction of sp³-hybridized carbons (Fsp3) is 0.500. The summed E-state index contributed by atoms with van der Waals surface area (Å²) in [6.07, 6.45) is 4.20. The quantitative estimate of drug-likeness (QED) is 0.732. The highest BCUT2D eigenvalue weighted by atomic mass is 16.7. The van der Waals surface area contributed by atoms with Crippen LogP contribution in [0.15, 0.2) is 30.3 Å². The molecule has 0 aromatic heterocycles. The molecule has 1 N–H and O–H groups in total. The lowest BCUT2D eigenvalue weighted by Gasteiger charge is -2.14. The molecule has 74 valence electrons. The van der Waals surface area contributed by atoms with Gasteiger partial charge in [0.15, 0.2) is 0 Å². The number of rotatable bonds is 1. The number of hydrogen-bond donors (Lipinski definition) is 1. The van der Waals surface area contributed by atoms with Crippen LogP contribution in [0.5, 0.6) is 0 Å². The molecule has 14 heavy (non-hydrogen) atoms. The van der Waals surface area contributed by atoms with E-state index in [1.807, 2.05) is 0 Å². The van der Waals surface area contributed by atoms with Crippen LogP contribution >= 0.6 is 0 Å². The van der Waals surface area contributed by atoms with Gasteiger partial charge in [0.2, 0.25) is 0 Å². The summed E-state index contributed by atoms with van der Waals surface area (Å²) in [4.78, 5) is 5.66. The van der Waals surface area contributed by atoms with Crippen molar-refractivity contribution in [3.63, 3.8) is 0 Å². The van der Waals surface area contributed by atoms with Crippen molar-refractivity contribution < 1.29 is 4.84 Å². The van der Waals surface area contributed by atoms with E-state index in [1.54, 1.807) is 0 Å². The van der Waals surface area contributed by atoms with Crippen molar-refractivity contribution in [3.05, 3.63) is 35.9 Å². The van der Waals surface area contributed by atoms with Gasteiger partial charge in [0.1, 0.15) is 6.10 Å². The molecule has 3 atom stereocenters. The van der Waals surface area contributed by atoms with Gasteiger partial charge in [-0.05, 0) is 18.4 Å². The van der Waals surface area contributed by atoms with Crippen molar-refractivity contribution in [2.45, 2.75) is 31.4 Å². The van der Waals surface area contributed by atoms with Gasteiger partial charge in [-0.2, -0.15) is 5.48 Å². The molecule has 1 aliphatic carbocycles. The number of hydroxylamine groups is 1. The first-order valence-electron chi connectivity index (χ1n) is 5.41. The van der Waals surface area contributed by atoms with Gasteiger partial charge in [-0.3, -0.25) is 4.84 Å². The lowest BCUT2D eigenvalue weighted by molar-refractivity contribution is 0.0129. The topological polar surface area (TPSA) is 21.3 Å². The molecular weight excluding hydrogens is 174 g/mol. The number of fused-ring (bicyclic) bond motifs is 1. The Morgan fingerprint density at radius 3 is 2.86 bits per heavy atom. The molecule has 2 nitrogen and oxygen atoms in total. The van der Waals surface area contributed by atoms with E-state index >= 15 is 0 Å². The van der Waals surface area contributed by atoms with Crippen LogP contribution < -0.4 is 5.48 Å². The minimum Gasteiger partial charge on any atom is -0.293 e. The zero-order valence-electron chi connectivity index (χ0n) is 8.15. The molecule has 1 saturated heterocycles. The highest BCUT2D eigenvalue weighted by molar-refractivity contribution is 5.20. The predicted molar refractivity (Wildman–Crippen MR) is 54.5 cm³/mol. The highest BCUT2D eigenvalue weighted by Gasteiger charge is 2.40. The third-order valence-electron chi connectivity index (χ3n) is 3.43. The maximum Gasteiger partial charge on any atom is 0.108 e. The van der Waals surface area contributed by atoms with Crippen LogP contribution in [0.1, 0.15) is 30.9 Å². The van der Waals surface area contributed by atoms with E-state index in [2.05, 4.69) is 35.8 Å². The molecule has 0 radical (unpaired) electrons. The number of benzene rings is 1. The molecule has 1 aromatic carbocycles. The summed E-state index contributed by atoms with van der Waals surface area (Å²) >= 11 is 0. The first kappa shape index (κ1) is 8.45. The fourth-order valence-electron chi connectivity index (χ4n) is 2.70. The van der Waals surface area contributed by atoms with Gasteiger partial charge < -0.3 is 0 Å². The minimum atomic E-state index is 0.281. The Morgan fingerprint density at radius 2 is 2.00 bits per heavy atom. The van der Waals surface area contributed by atoms with Crippen LogP contribution in [0.25, 0.3) is 0 Å². The monoisotopic (exact) mass is 189 g/mol. The van der Waals surface area contributed by atoms with E-state index < -0.39 is 0 Å². The van der Waals surface area contributed by atoms with Crippen LogP contribution in [-0.4, -0.2) is 6.04 Å². The van der Waals surface area contributed by atoms with E-state index in [-0.39, 0.29) is 6.10 Å². The Labute approximate surface area is 84.2 Å². The normalized spacial score (nSPS) is 35.9. The van der Waals surface area contributed by atoms with E-state index in [9.17, 15) is 0 Å². The van der Waals surface area contributed by atoms with Gasteiger partial charge in [-0.25, -0.2) is 0 Å². The first-order chi connectivity index (χ1) is 6.95. The van der Waals surface area contributed by atoms with Crippen molar-refractivity contribution in [1.29, 1.82) is 0 Å². The molecule has 2 heteroatoms. The number of nitrogens with one attached hydrogen (secondary N) is 1. The summed E-state index contributed by atoms with van der Waals surface area (Å²) in [5.74, 6) is 0.692. The maximum absolute atomic E-state index is 5.66. The molecule has 3 rings (SSSR count). The molecule has 0 amide bonds. The Bertz CT molecular complexity index is 311. The largest absolute Gasteiger partial charge is 0.293 e. The number of hydrogen-bond acceptors (Lipinski definition) is 2. The maximum atomic E-state index is 5.66. The van der Waals surface area contributed by atoms with Crippen molar-refractivity contribution in [3.8, 4) is 0 Å². The van der Waals surface area contributed by atoms with Crippen molar-refractivity contribution in [2.75, 3.05) is 0 Å². The van der Waals surface area contributed by atoms with Gasteiger partial charge >= 0.3 is 0 Å². The van der Waals surface area contributed by atoms with Gasteiger partial charge in [0.05, 0.1) is 0 Å². The lowest BCUT2D eigenvalue weighted by Crippen LogP contribution is -2.20. The van der Waals surface area contributed by atoms with Crippen LogP contribution in [0.4, 0.5) is 0 Å². The molecule has 1 saturated carbocycles. The first-order valence-corrected chi connectivity index (χ1v) is 5.41. The molecule has 0 unspecified atom stereocenters. The Balaban J connectivity index is 1.86. The molecular formula is C12H15NO. The minimum absolute atomic E-state index is 0.281. The zero-order valence-corrected chi connectivity index (χ0v) is 8.15. The standard InChI is InChI=1S/C12H15NO/c1-2-5-9(6-3-1)12-10-7-4-8-11(10)13-14-12/h1-3,5-6,10-13H,4,7-8H2/t10-,11+,12+/m1/s1. The summed E-state index contributed by atoms with van der Waals surface area (Å²) in [5.41, 5.74) is 4.48. The van der Waals surface area contributed by atoms with E-state index in [4.69, 9.17) is 4.84 Å². The molecule has 0 bridgehead atoms. The van der Waals surface area contributed by atoms with Crippen LogP contribution in [-0.2, 0) is 4.84 Å². The summed E-state index contributed by atoms with van der Waals surface area (Å²) in [6.45, 7) is 0. The molecule has 1 aromatic rings. The van der Waals surface area contributed by atoms with Crippen molar-refractivity contribution in [1.82, 2.24) is 5.48 Å². The Kier molecular flexibility index (Phi) is 2.03. The average Bonchev–Trinajstić information content (AvgIpc) is 2.79. The second-order valence-corrected chi connectivity index (χ2v) is 4.27. The lowest BCUT2D eigenvalue weighted by atomic mass is 9.93. The Morgan fingerprint density at radius 1 is 1.14 bits per heavy atom. The summed E-state index contributed by atoms with van der Waals surface area (Å²) < 4.78 is 0. The molecule has 2 aliphatic rings. The molecule has 2 fully saturated rings. The zero-order chi connectivity index (χ0) is 9.38. The Hall–Kier alpha value is -0.860. The fourth-order valence-corrected chi connectivity index (χ4v) is 2.70. The smallest absolute Gasteiger partial charge is 0.108 e. The van der Waals surface area contributed by atoms with E-state index in [1.165, 1.54) is 24.8 Å².